The van der Waals surface area contributed by atoms with Crippen molar-refractivity contribution >= 4 is 16.9 Å². The Morgan fingerprint density at radius 1 is 1.50 bits per heavy atom. The van der Waals surface area contributed by atoms with Crippen molar-refractivity contribution in [1.82, 2.24) is 4.57 Å². The molecule has 0 atom stereocenters. The van der Waals surface area contributed by atoms with E-state index >= 15 is 0 Å². The summed E-state index contributed by atoms with van der Waals surface area (Å²) in [6.45, 7) is 1.19. The summed E-state index contributed by atoms with van der Waals surface area (Å²) in [5.41, 5.74) is 7.32. The van der Waals surface area contributed by atoms with Crippen LogP contribution in [0.2, 0.25) is 0 Å². The second-order valence-corrected chi connectivity index (χ2v) is 4.09. The van der Waals surface area contributed by atoms with Gasteiger partial charge in [-0.2, -0.15) is 0 Å². The molecule has 0 aliphatic heterocycles. The molecule has 0 aliphatic carbocycles. The lowest BCUT2D eigenvalue weighted by atomic mass is 10.1. The fraction of sp³-hybridized carbons (Fsp3) is 0.308. The number of ether oxygens (including phenoxy) is 1. The number of hydrogen-bond donors (Lipinski definition) is 2. The van der Waals surface area contributed by atoms with Gasteiger partial charge in [0.25, 0.3) is 0 Å². The summed E-state index contributed by atoms with van der Waals surface area (Å²) in [5.74, 6) is -0.121. The Morgan fingerprint density at radius 3 is 2.89 bits per heavy atom. The van der Waals surface area contributed by atoms with Crippen molar-refractivity contribution in [2.45, 2.75) is 13.0 Å². The van der Waals surface area contributed by atoms with Gasteiger partial charge < -0.3 is 20.1 Å². The number of fused-ring (bicyclic) bond motifs is 1. The van der Waals surface area contributed by atoms with E-state index in [1.807, 2.05) is 29.0 Å². The van der Waals surface area contributed by atoms with E-state index in [9.17, 15) is 4.79 Å². The molecule has 2 rings (SSSR count). The first-order valence-electron chi connectivity index (χ1n) is 5.73. The Hall–Kier alpha value is -2.01. The average Bonchev–Trinajstić information content (AvgIpc) is 2.67. The Bertz CT molecular complexity index is 575. The number of nitrogens with zero attached hydrogens (tertiary/aromatic N) is 1. The first kappa shape index (κ1) is 12.4. The van der Waals surface area contributed by atoms with Gasteiger partial charge in [-0.3, -0.25) is 4.79 Å². The SMILES string of the molecule is COc1ccc2c(c1)c(CC(=O)O)cn2CCN. The number of carbonyl (C=O) groups is 1. The summed E-state index contributed by atoms with van der Waals surface area (Å²) in [5, 5.41) is 9.83. The molecule has 2 aromatic rings. The predicted octanol–water partition coefficient (Wildman–Crippen LogP) is 1.24. The van der Waals surface area contributed by atoms with E-state index in [2.05, 4.69) is 0 Å². The normalized spacial score (nSPS) is 10.8. The number of aromatic nitrogens is 1. The first-order valence-corrected chi connectivity index (χ1v) is 5.73. The summed E-state index contributed by atoms with van der Waals surface area (Å²) in [6, 6.07) is 5.65. The highest BCUT2D eigenvalue weighted by Crippen LogP contribution is 2.26. The zero-order chi connectivity index (χ0) is 13.1. The Balaban J connectivity index is 2.56. The molecule has 0 unspecified atom stereocenters. The van der Waals surface area contributed by atoms with Gasteiger partial charge in [0.2, 0.25) is 0 Å². The van der Waals surface area contributed by atoms with Crippen LogP contribution < -0.4 is 10.5 Å². The van der Waals surface area contributed by atoms with E-state index in [1.54, 1.807) is 7.11 Å². The van der Waals surface area contributed by atoms with Crippen LogP contribution in [-0.4, -0.2) is 29.3 Å². The molecule has 5 heteroatoms. The number of carboxylic acid groups (broad SMARTS) is 1. The van der Waals surface area contributed by atoms with E-state index in [-0.39, 0.29) is 6.42 Å². The lowest BCUT2D eigenvalue weighted by molar-refractivity contribution is -0.136. The zero-order valence-corrected chi connectivity index (χ0v) is 10.2. The highest BCUT2D eigenvalue weighted by molar-refractivity contribution is 5.88. The van der Waals surface area contributed by atoms with Gasteiger partial charge in [0, 0.05) is 30.2 Å². The van der Waals surface area contributed by atoms with Crippen LogP contribution in [0.4, 0.5) is 0 Å². The van der Waals surface area contributed by atoms with Gasteiger partial charge in [0.15, 0.2) is 0 Å². The molecule has 1 aromatic heterocycles. The van der Waals surface area contributed by atoms with E-state index in [1.165, 1.54) is 0 Å². The molecule has 0 saturated carbocycles. The fourth-order valence-corrected chi connectivity index (χ4v) is 2.10. The molecule has 0 radical (unpaired) electrons. The third kappa shape index (κ3) is 2.31. The van der Waals surface area contributed by atoms with E-state index < -0.39 is 5.97 Å². The van der Waals surface area contributed by atoms with Gasteiger partial charge in [-0.25, -0.2) is 0 Å². The van der Waals surface area contributed by atoms with Gasteiger partial charge in [0.1, 0.15) is 5.75 Å². The van der Waals surface area contributed by atoms with Crippen molar-refractivity contribution in [2.24, 2.45) is 5.73 Å². The number of carboxylic acids is 1. The number of methoxy groups -OCH3 is 1. The molecular weight excluding hydrogens is 232 g/mol. The minimum Gasteiger partial charge on any atom is -0.497 e. The van der Waals surface area contributed by atoms with Gasteiger partial charge in [-0.05, 0) is 23.8 Å². The second kappa shape index (κ2) is 5.10. The van der Waals surface area contributed by atoms with Crippen LogP contribution >= 0.6 is 0 Å². The molecule has 0 saturated heterocycles. The summed E-state index contributed by atoms with van der Waals surface area (Å²) < 4.78 is 7.15. The number of hydrogen-bond acceptors (Lipinski definition) is 3. The molecule has 0 fully saturated rings. The maximum absolute atomic E-state index is 10.9. The largest absolute Gasteiger partial charge is 0.497 e. The summed E-state index contributed by atoms with van der Waals surface area (Å²) in [4.78, 5) is 10.9. The van der Waals surface area contributed by atoms with Gasteiger partial charge in [-0.1, -0.05) is 0 Å². The van der Waals surface area contributed by atoms with E-state index in [0.29, 0.717) is 13.1 Å². The third-order valence-electron chi connectivity index (χ3n) is 2.88. The Kier molecular flexibility index (Phi) is 3.53. The van der Waals surface area contributed by atoms with Crippen LogP contribution in [0.5, 0.6) is 5.75 Å². The van der Waals surface area contributed by atoms with Crippen molar-refractivity contribution in [2.75, 3.05) is 13.7 Å². The van der Waals surface area contributed by atoms with Crippen LogP contribution in [0.15, 0.2) is 24.4 Å². The fourth-order valence-electron chi connectivity index (χ4n) is 2.10. The number of benzene rings is 1. The number of aliphatic carboxylic acids is 1. The molecule has 0 bridgehead atoms. The summed E-state index contributed by atoms with van der Waals surface area (Å²) in [7, 11) is 1.59. The monoisotopic (exact) mass is 248 g/mol. The molecule has 0 amide bonds. The van der Waals surface area contributed by atoms with Crippen molar-refractivity contribution in [3.8, 4) is 5.75 Å². The van der Waals surface area contributed by atoms with Crippen molar-refractivity contribution in [3.63, 3.8) is 0 Å². The van der Waals surface area contributed by atoms with Gasteiger partial charge >= 0.3 is 5.97 Å². The van der Waals surface area contributed by atoms with Crippen LogP contribution in [0.1, 0.15) is 5.56 Å². The molecule has 96 valence electrons. The molecule has 18 heavy (non-hydrogen) atoms. The molecule has 3 N–H and O–H groups in total. The molecule has 0 spiro atoms. The van der Waals surface area contributed by atoms with Gasteiger partial charge in [0.05, 0.1) is 13.5 Å². The highest BCUT2D eigenvalue weighted by Gasteiger charge is 2.11. The molecule has 1 heterocycles. The zero-order valence-electron chi connectivity index (χ0n) is 10.2. The van der Waals surface area contributed by atoms with Crippen LogP contribution in [0.3, 0.4) is 0 Å². The van der Waals surface area contributed by atoms with Crippen molar-refractivity contribution < 1.29 is 14.6 Å². The minimum atomic E-state index is -0.843. The Morgan fingerprint density at radius 2 is 2.28 bits per heavy atom. The molecule has 1 aromatic carbocycles. The second-order valence-electron chi connectivity index (χ2n) is 4.09. The molecule has 0 aliphatic rings. The molecular formula is C13H16N2O3. The number of nitrogens with two attached hydrogens (primary N) is 1. The summed E-state index contributed by atoms with van der Waals surface area (Å²) in [6.07, 6.45) is 1.85. The van der Waals surface area contributed by atoms with Gasteiger partial charge in [-0.15, -0.1) is 0 Å². The van der Waals surface area contributed by atoms with Crippen molar-refractivity contribution in [1.29, 1.82) is 0 Å². The Labute approximate surface area is 105 Å². The maximum atomic E-state index is 10.9. The van der Waals surface area contributed by atoms with E-state index in [0.717, 1.165) is 22.2 Å². The highest BCUT2D eigenvalue weighted by atomic mass is 16.5. The maximum Gasteiger partial charge on any atom is 0.307 e. The van der Waals surface area contributed by atoms with Crippen LogP contribution in [0.25, 0.3) is 10.9 Å². The third-order valence-corrected chi connectivity index (χ3v) is 2.88. The predicted molar refractivity (Wildman–Crippen MR) is 68.9 cm³/mol. The quantitative estimate of drug-likeness (QED) is 0.834. The van der Waals surface area contributed by atoms with Crippen molar-refractivity contribution in [3.05, 3.63) is 30.0 Å². The van der Waals surface area contributed by atoms with Crippen LogP contribution in [-0.2, 0) is 17.8 Å². The number of rotatable bonds is 5. The average molecular weight is 248 g/mol. The van der Waals surface area contributed by atoms with E-state index in [4.69, 9.17) is 15.6 Å². The minimum absolute atomic E-state index is 0.00123. The topological polar surface area (TPSA) is 77.5 Å². The summed E-state index contributed by atoms with van der Waals surface area (Å²) >= 11 is 0. The standard InChI is InChI=1S/C13H16N2O3/c1-18-10-2-3-12-11(7-10)9(6-13(16)17)8-15(12)5-4-14/h2-3,7-8H,4-6,14H2,1H3,(H,16,17). The van der Waals surface area contributed by atoms with Crippen LogP contribution in [0, 0.1) is 0 Å². The first-order chi connectivity index (χ1) is 8.65. The molecule has 5 nitrogen and oxygen atoms in total. The lowest BCUT2D eigenvalue weighted by Gasteiger charge is -2.03. The smallest absolute Gasteiger partial charge is 0.307 e. The lowest BCUT2D eigenvalue weighted by Crippen LogP contribution is -2.08.